The zero-order chi connectivity index (χ0) is 10.9. The lowest BCUT2D eigenvalue weighted by atomic mass is 10.0. The Morgan fingerprint density at radius 1 is 1.64 bits per heavy atom. The van der Waals surface area contributed by atoms with Crippen molar-refractivity contribution in [2.24, 2.45) is 5.92 Å². The standard InChI is InChI=1S/C7H13NO5S/c1-5(2)3-6-4-13-14(11,12)8(6)7(9)10/h5-6H,3-4H2,1-2H3,(H,9,10)/t6-/m0/s1. The fourth-order valence-electron chi connectivity index (χ4n) is 1.43. The highest BCUT2D eigenvalue weighted by Crippen LogP contribution is 2.23. The lowest BCUT2D eigenvalue weighted by molar-refractivity contribution is 0.160. The van der Waals surface area contributed by atoms with Crippen LogP contribution in [-0.2, 0) is 14.5 Å². The Balaban J connectivity index is 2.85. The zero-order valence-electron chi connectivity index (χ0n) is 8.00. The zero-order valence-corrected chi connectivity index (χ0v) is 8.82. The number of amides is 1. The van der Waals surface area contributed by atoms with E-state index in [-0.39, 0.29) is 12.5 Å². The predicted molar refractivity (Wildman–Crippen MR) is 48.0 cm³/mol. The van der Waals surface area contributed by atoms with Crippen LogP contribution in [-0.4, -0.2) is 36.6 Å². The van der Waals surface area contributed by atoms with Crippen molar-refractivity contribution in [1.82, 2.24) is 4.31 Å². The van der Waals surface area contributed by atoms with E-state index in [0.29, 0.717) is 10.7 Å². The second kappa shape index (κ2) is 3.74. The van der Waals surface area contributed by atoms with Crippen LogP contribution in [0.5, 0.6) is 0 Å². The van der Waals surface area contributed by atoms with Crippen LogP contribution in [0.1, 0.15) is 20.3 Å². The highest BCUT2D eigenvalue weighted by Gasteiger charge is 2.42. The summed E-state index contributed by atoms with van der Waals surface area (Å²) in [6.45, 7) is 3.71. The molecule has 1 rings (SSSR count). The average Bonchev–Trinajstić information content (AvgIpc) is 2.24. The highest BCUT2D eigenvalue weighted by atomic mass is 32.2. The molecule has 82 valence electrons. The summed E-state index contributed by atoms with van der Waals surface area (Å²) in [5, 5.41) is 8.70. The number of hydrogen-bond donors (Lipinski definition) is 1. The minimum atomic E-state index is -4.05. The van der Waals surface area contributed by atoms with Gasteiger partial charge in [0.15, 0.2) is 0 Å². The summed E-state index contributed by atoms with van der Waals surface area (Å²) in [6.07, 6.45) is -1.00. The van der Waals surface area contributed by atoms with E-state index in [1.165, 1.54) is 0 Å². The summed E-state index contributed by atoms with van der Waals surface area (Å²) in [5.41, 5.74) is 0. The summed E-state index contributed by atoms with van der Waals surface area (Å²) in [6, 6.07) is -0.586. The molecule has 1 amide bonds. The monoisotopic (exact) mass is 223 g/mol. The second-order valence-electron chi connectivity index (χ2n) is 3.60. The minimum absolute atomic E-state index is 0.0766. The SMILES string of the molecule is CC(C)C[C@H]1COS(=O)(=O)N1C(=O)O. The van der Waals surface area contributed by atoms with Gasteiger partial charge in [-0.1, -0.05) is 13.8 Å². The maximum atomic E-state index is 11.1. The molecule has 0 bridgehead atoms. The van der Waals surface area contributed by atoms with Crippen LogP contribution >= 0.6 is 0 Å². The summed E-state index contributed by atoms with van der Waals surface area (Å²) < 4.78 is 27.1. The van der Waals surface area contributed by atoms with Crippen molar-refractivity contribution < 1.29 is 22.5 Å². The Morgan fingerprint density at radius 2 is 2.21 bits per heavy atom. The van der Waals surface area contributed by atoms with Crippen molar-refractivity contribution in [3.8, 4) is 0 Å². The summed E-state index contributed by atoms with van der Waals surface area (Å²) in [7, 11) is -4.05. The molecule has 1 saturated heterocycles. The lowest BCUT2D eigenvalue weighted by Crippen LogP contribution is -2.38. The Morgan fingerprint density at radius 3 is 2.64 bits per heavy atom. The van der Waals surface area contributed by atoms with Crippen LogP contribution in [0.3, 0.4) is 0 Å². The van der Waals surface area contributed by atoms with Gasteiger partial charge in [0, 0.05) is 0 Å². The molecule has 0 aromatic heterocycles. The average molecular weight is 223 g/mol. The van der Waals surface area contributed by atoms with Gasteiger partial charge in [0.1, 0.15) is 0 Å². The summed E-state index contributed by atoms with van der Waals surface area (Å²) in [4.78, 5) is 10.7. The van der Waals surface area contributed by atoms with E-state index in [9.17, 15) is 13.2 Å². The molecule has 0 radical (unpaired) electrons. The molecular formula is C7H13NO5S. The molecule has 0 aromatic rings. The lowest BCUT2D eigenvalue weighted by Gasteiger charge is -2.18. The van der Waals surface area contributed by atoms with Gasteiger partial charge in [-0.15, -0.1) is 0 Å². The van der Waals surface area contributed by atoms with Crippen molar-refractivity contribution in [3.63, 3.8) is 0 Å². The van der Waals surface area contributed by atoms with Crippen LogP contribution < -0.4 is 0 Å². The first-order chi connectivity index (χ1) is 6.34. The van der Waals surface area contributed by atoms with E-state index in [1.807, 2.05) is 13.8 Å². The molecule has 0 aliphatic carbocycles. The molecule has 1 N–H and O–H groups in total. The molecule has 14 heavy (non-hydrogen) atoms. The minimum Gasteiger partial charge on any atom is -0.464 e. The maximum absolute atomic E-state index is 11.1. The van der Waals surface area contributed by atoms with E-state index in [0.717, 1.165) is 0 Å². The van der Waals surface area contributed by atoms with E-state index in [4.69, 9.17) is 5.11 Å². The van der Waals surface area contributed by atoms with Crippen LogP contribution in [0.25, 0.3) is 0 Å². The Labute approximate surface area is 82.7 Å². The van der Waals surface area contributed by atoms with Gasteiger partial charge in [-0.2, -0.15) is 12.7 Å². The third kappa shape index (κ3) is 2.16. The molecule has 0 unspecified atom stereocenters. The molecule has 1 fully saturated rings. The topological polar surface area (TPSA) is 83.9 Å². The predicted octanol–water partition coefficient (Wildman–Crippen LogP) is 0.656. The van der Waals surface area contributed by atoms with E-state index >= 15 is 0 Å². The summed E-state index contributed by atoms with van der Waals surface area (Å²) >= 11 is 0. The van der Waals surface area contributed by atoms with Crippen molar-refractivity contribution in [2.75, 3.05) is 6.61 Å². The molecule has 0 saturated carbocycles. The van der Waals surface area contributed by atoms with Gasteiger partial charge >= 0.3 is 16.4 Å². The third-order valence-electron chi connectivity index (χ3n) is 1.91. The quantitative estimate of drug-likeness (QED) is 0.743. The van der Waals surface area contributed by atoms with Gasteiger partial charge in [0.25, 0.3) is 0 Å². The van der Waals surface area contributed by atoms with Gasteiger partial charge < -0.3 is 5.11 Å². The van der Waals surface area contributed by atoms with Crippen LogP contribution in [0.2, 0.25) is 0 Å². The molecule has 7 heteroatoms. The Hall–Kier alpha value is -0.820. The van der Waals surface area contributed by atoms with E-state index in [1.54, 1.807) is 0 Å². The number of rotatable bonds is 2. The first kappa shape index (κ1) is 11.3. The van der Waals surface area contributed by atoms with Crippen LogP contribution in [0, 0.1) is 5.92 Å². The van der Waals surface area contributed by atoms with Gasteiger partial charge in [-0.3, -0.25) is 4.18 Å². The fraction of sp³-hybridized carbons (Fsp3) is 0.857. The molecule has 6 nitrogen and oxygen atoms in total. The van der Waals surface area contributed by atoms with Gasteiger partial charge in [0.2, 0.25) is 0 Å². The number of carbonyl (C=O) groups is 1. The maximum Gasteiger partial charge on any atom is 0.423 e. The molecule has 1 heterocycles. The largest absolute Gasteiger partial charge is 0.464 e. The van der Waals surface area contributed by atoms with Crippen molar-refractivity contribution in [2.45, 2.75) is 26.3 Å². The number of hydrogen-bond acceptors (Lipinski definition) is 4. The third-order valence-corrected chi connectivity index (χ3v) is 3.28. The number of carboxylic acid groups (broad SMARTS) is 1. The molecular weight excluding hydrogens is 210 g/mol. The van der Waals surface area contributed by atoms with Gasteiger partial charge in [-0.25, -0.2) is 4.79 Å². The first-order valence-electron chi connectivity index (χ1n) is 4.26. The smallest absolute Gasteiger partial charge is 0.423 e. The summed E-state index contributed by atoms with van der Waals surface area (Å²) in [5.74, 6) is 0.221. The second-order valence-corrected chi connectivity index (χ2v) is 5.09. The van der Waals surface area contributed by atoms with Crippen molar-refractivity contribution in [1.29, 1.82) is 0 Å². The van der Waals surface area contributed by atoms with Crippen LogP contribution in [0.4, 0.5) is 4.79 Å². The van der Waals surface area contributed by atoms with Crippen molar-refractivity contribution in [3.05, 3.63) is 0 Å². The number of nitrogens with zero attached hydrogens (tertiary/aromatic N) is 1. The molecule has 1 atom stereocenters. The van der Waals surface area contributed by atoms with Gasteiger partial charge in [0.05, 0.1) is 12.6 Å². The fourth-order valence-corrected chi connectivity index (χ4v) is 2.58. The molecule has 0 aromatic carbocycles. The van der Waals surface area contributed by atoms with Gasteiger partial charge in [-0.05, 0) is 12.3 Å². The Bertz CT molecular complexity index is 323. The molecule has 1 aliphatic rings. The van der Waals surface area contributed by atoms with Crippen LogP contribution in [0.15, 0.2) is 0 Å². The van der Waals surface area contributed by atoms with Crippen molar-refractivity contribution >= 4 is 16.4 Å². The Kier molecular flexibility index (Phi) is 3.01. The van der Waals surface area contributed by atoms with E-state index < -0.39 is 22.4 Å². The van der Waals surface area contributed by atoms with E-state index in [2.05, 4.69) is 4.18 Å². The highest BCUT2D eigenvalue weighted by molar-refractivity contribution is 7.85. The molecule has 1 aliphatic heterocycles. The molecule has 0 spiro atoms. The first-order valence-corrected chi connectivity index (χ1v) is 5.63. The normalized spacial score (nSPS) is 25.6.